The van der Waals surface area contributed by atoms with Crippen LogP contribution in [-0.2, 0) is 4.79 Å². The molecule has 0 spiro atoms. The Labute approximate surface area is 101 Å². The molecule has 1 amide bonds. The van der Waals surface area contributed by atoms with Crippen molar-refractivity contribution < 1.29 is 4.79 Å². The van der Waals surface area contributed by atoms with Gasteiger partial charge in [0.2, 0.25) is 5.91 Å². The van der Waals surface area contributed by atoms with E-state index in [1.165, 1.54) is 0 Å². The van der Waals surface area contributed by atoms with Gasteiger partial charge in [0.15, 0.2) is 0 Å². The summed E-state index contributed by atoms with van der Waals surface area (Å²) >= 11 is 0. The zero-order valence-electron chi connectivity index (χ0n) is 11.7. The van der Waals surface area contributed by atoms with E-state index in [4.69, 9.17) is 0 Å². The largest absolute Gasteiger partial charge is 0.347 e. The number of rotatable bonds is 7. The summed E-state index contributed by atoms with van der Waals surface area (Å²) in [7, 11) is 3.65. The molecular weight excluding hydrogens is 200 g/mol. The van der Waals surface area contributed by atoms with E-state index < -0.39 is 0 Å². The van der Waals surface area contributed by atoms with Crippen LogP contribution in [0.25, 0.3) is 0 Å². The number of likely N-dealkylation sites (N-methyl/N-ethyl adjacent to an activating group) is 1. The van der Waals surface area contributed by atoms with E-state index in [-0.39, 0.29) is 11.9 Å². The summed E-state index contributed by atoms with van der Waals surface area (Å²) in [5, 5.41) is 3.47. The minimum atomic E-state index is -0.0279. The van der Waals surface area contributed by atoms with E-state index in [0.717, 1.165) is 19.3 Å². The molecule has 1 N–H and O–H groups in total. The molecule has 0 saturated heterocycles. The number of carbonyl (C=O) groups excluding carboxylic acids is 1. The fourth-order valence-electron chi connectivity index (χ4n) is 1.83. The van der Waals surface area contributed by atoms with Crippen LogP contribution in [0.1, 0.15) is 47.0 Å². The monoisotopic (exact) mass is 228 g/mol. The van der Waals surface area contributed by atoms with Crippen molar-refractivity contribution in [3.8, 4) is 0 Å². The van der Waals surface area contributed by atoms with Crippen LogP contribution in [0.2, 0.25) is 0 Å². The summed E-state index contributed by atoms with van der Waals surface area (Å²) in [6, 6.07) is 0.424. The van der Waals surface area contributed by atoms with Crippen LogP contribution in [0.15, 0.2) is 0 Å². The number of amides is 1. The van der Waals surface area contributed by atoms with E-state index in [2.05, 4.69) is 33.0 Å². The summed E-state index contributed by atoms with van der Waals surface area (Å²) in [6.07, 6.45) is 3.06. The van der Waals surface area contributed by atoms with Crippen LogP contribution in [0, 0.1) is 5.92 Å². The van der Waals surface area contributed by atoms with Crippen molar-refractivity contribution in [1.29, 1.82) is 0 Å². The van der Waals surface area contributed by atoms with Crippen LogP contribution in [0.5, 0.6) is 0 Å². The van der Waals surface area contributed by atoms with Crippen LogP contribution < -0.4 is 5.32 Å². The Kier molecular flexibility index (Phi) is 7.39. The minimum Gasteiger partial charge on any atom is -0.347 e. The lowest BCUT2D eigenvalue weighted by molar-refractivity contribution is -0.131. The predicted octanol–water partition coefficient (Wildman–Crippen LogP) is 2.27. The van der Waals surface area contributed by atoms with Gasteiger partial charge in [-0.1, -0.05) is 27.7 Å². The first-order valence-corrected chi connectivity index (χ1v) is 6.39. The molecule has 0 aliphatic carbocycles. The van der Waals surface area contributed by atoms with Gasteiger partial charge in [0, 0.05) is 20.1 Å². The van der Waals surface area contributed by atoms with Crippen LogP contribution in [-0.4, -0.2) is 37.0 Å². The highest BCUT2D eigenvalue weighted by Gasteiger charge is 2.22. The van der Waals surface area contributed by atoms with E-state index in [9.17, 15) is 4.79 Å². The third kappa shape index (κ3) is 5.50. The van der Waals surface area contributed by atoms with Gasteiger partial charge in [-0.15, -0.1) is 0 Å². The molecule has 1 atom stereocenters. The fourth-order valence-corrected chi connectivity index (χ4v) is 1.83. The van der Waals surface area contributed by atoms with E-state index >= 15 is 0 Å². The number of hydrogen-bond donors (Lipinski definition) is 1. The van der Waals surface area contributed by atoms with Gasteiger partial charge in [0.25, 0.3) is 0 Å². The second-order valence-electron chi connectivity index (χ2n) is 5.09. The van der Waals surface area contributed by atoms with Crippen LogP contribution in [0.3, 0.4) is 0 Å². The summed E-state index contributed by atoms with van der Waals surface area (Å²) in [4.78, 5) is 13.7. The van der Waals surface area contributed by atoms with E-state index in [0.29, 0.717) is 12.0 Å². The van der Waals surface area contributed by atoms with Crippen molar-refractivity contribution in [2.45, 2.75) is 59.0 Å². The number of nitrogens with one attached hydrogen (secondary N) is 1. The molecule has 0 fully saturated rings. The minimum absolute atomic E-state index is 0.0279. The van der Waals surface area contributed by atoms with Crippen molar-refractivity contribution >= 4 is 5.91 Å². The van der Waals surface area contributed by atoms with Gasteiger partial charge in [-0.2, -0.15) is 0 Å². The molecule has 0 heterocycles. The maximum Gasteiger partial charge on any atom is 0.239 e. The molecule has 1 unspecified atom stereocenters. The zero-order chi connectivity index (χ0) is 12.7. The Balaban J connectivity index is 4.47. The summed E-state index contributed by atoms with van der Waals surface area (Å²) in [6.45, 7) is 8.64. The highest BCUT2D eigenvalue weighted by molar-refractivity contribution is 5.81. The second-order valence-corrected chi connectivity index (χ2v) is 5.09. The molecule has 0 rings (SSSR count). The van der Waals surface area contributed by atoms with Crippen molar-refractivity contribution in [2.75, 3.05) is 14.1 Å². The van der Waals surface area contributed by atoms with Gasteiger partial charge in [0.1, 0.15) is 0 Å². The van der Waals surface area contributed by atoms with Crippen LogP contribution >= 0.6 is 0 Å². The quantitative estimate of drug-likeness (QED) is 0.725. The molecule has 0 aliphatic heterocycles. The molecule has 3 heteroatoms. The maximum absolute atomic E-state index is 12.0. The highest BCUT2D eigenvalue weighted by atomic mass is 16.2. The predicted molar refractivity (Wildman–Crippen MR) is 69.4 cm³/mol. The molecule has 0 saturated carbocycles. The molecule has 16 heavy (non-hydrogen) atoms. The molecule has 0 aromatic heterocycles. The maximum atomic E-state index is 12.0. The molecule has 0 aromatic carbocycles. The summed E-state index contributed by atoms with van der Waals surface area (Å²) < 4.78 is 0. The number of carbonyl (C=O) groups is 1. The third-order valence-corrected chi connectivity index (χ3v) is 2.87. The Morgan fingerprint density at radius 3 is 2.00 bits per heavy atom. The topological polar surface area (TPSA) is 32.3 Å². The van der Waals surface area contributed by atoms with Crippen molar-refractivity contribution in [3.63, 3.8) is 0 Å². The summed E-state index contributed by atoms with van der Waals surface area (Å²) in [5.41, 5.74) is 0. The third-order valence-electron chi connectivity index (χ3n) is 2.87. The first-order valence-electron chi connectivity index (χ1n) is 6.39. The Morgan fingerprint density at radius 2 is 1.69 bits per heavy atom. The van der Waals surface area contributed by atoms with Gasteiger partial charge >= 0.3 is 0 Å². The normalized spacial score (nSPS) is 13.2. The van der Waals surface area contributed by atoms with Gasteiger partial charge in [-0.05, 0) is 25.2 Å². The van der Waals surface area contributed by atoms with Gasteiger partial charge in [-0.3, -0.25) is 4.79 Å². The highest BCUT2D eigenvalue weighted by Crippen LogP contribution is 2.09. The first-order chi connectivity index (χ1) is 7.42. The van der Waals surface area contributed by atoms with Gasteiger partial charge < -0.3 is 10.2 Å². The average molecular weight is 228 g/mol. The Hall–Kier alpha value is -0.570. The lowest BCUT2D eigenvalue weighted by Crippen LogP contribution is -2.48. The molecule has 96 valence electrons. The molecule has 0 aliphatic rings. The van der Waals surface area contributed by atoms with Crippen molar-refractivity contribution in [2.24, 2.45) is 5.92 Å². The lowest BCUT2D eigenvalue weighted by atomic mass is 10.0. The van der Waals surface area contributed by atoms with Crippen LogP contribution in [0.4, 0.5) is 0 Å². The Bertz CT molecular complexity index is 198. The standard InChI is InChI=1S/C13H28N2O/c1-7-11(8-2)14-12(9-10(3)4)13(16)15(5)6/h10-12,14H,7-9H2,1-6H3. The van der Waals surface area contributed by atoms with Crippen molar-refractivity contribution in [1.82, 2.24) is 10.2 Å². The first kappa shape index (κ1) is 15.4. The average Bonchev–Trinajstić information content (AvgIpc) is 2.22. The molecular formula is C13H28N2O. The number of hydrogen-bond acceptors (Lipinski definition) is 2. The zero-order valence-corrected chi connectivity index (χ0v) is 11.7. The van der Waals surface area contributed by atoms with Gasteiger partial charge in [0.05, 0.1) is 6.04 Å². The Morgan fingerprint density at radius 1 is 1.19 bits per heavy atom. The van der Waals surface area contributed by atoms with Crippen molar-refractivity contribution in [3.05, 3.63) is 0 Å². The van der Waals surface area contributed by atoms with E-state index in [1.54, 1.807) is 4.90 Å². The van der Waals surface area contributed by atoms with Gasteiger partial charge in [-0.25, -0.2) is 0 Å². The fraction of sp³-hybridized carbons (Fsp3) is 0.923. The molecule has 0 aromatic rings. The molecule has 3 nitrogen and oxygen atoms in total. The SMILES string of the molecule is CCC(CC)NC(CC(C)C)C(=O)N(C)C. The second kappa shape index (κ2) is 7.66. The number of nitrogens with zero attached hydrogens (tertiary/aromatic N) is 1. The van der Waals surface area contributed by atoms with E-state index in [1.807, 2.05) is 14.1 Å². The molecule has 0 bridgehead atoms. The molecule has 0 radical (unpaired) electrons. The lowest BCUT2D eigenvalue weighted by Gasteiger charge is -2.27. The smallest absolute Gasteiger partial charge is 0.239 e. The summed E-state index contributed by atoms with van der Waals surface area (Å²) in [5.74, 6) is 0.733.